The predicted molar refractivity (Wildman–Crippen MR) is 65.4 cm³/mol. The van der Waals surface area contributed by atoms with Gasteiger partial charge in [-0.05, 0) is 24.5 Å². The predicted octanol–water partition coefficient (Wildman–Crippen LogP) is 0.600. The lowest BCUT2D eigenvalue weighted by Crippen LogP contribution is -2.36. The molecule has 0 saturated carbocycles. The number of hydrogen-bond acceptors (Lipinski definition) is 3. The van der Waals surface area contributed by atoms with E-state index in [9.17, 15) is 4.79 Å². The van der Waals surface area contributed by atoms with Gasteiger partial charge in [0.1, 0.15) is 0 Å². The van der Waals surface area contributed by atoms with Crippen LogP contribution in [-0.2, 0) is 0 Å². The third-order valence-electron chi connectivity index (χ3n) is 2.45. The van der Waals surface area contributed by atoms with Gasteiger partial charge in [0.05, 0.1) is 0 Å². The molecule has 1 aliphatic heterocycles. The first-order chi connectivity index (χ1) is 7.24. The average molecular weight is 231 g/mol. The van der Waals surface area contributed by atoms with Gasteiger partial charge >= 0.3 is 6.03 Å². The lowest BCUT2D eigenvalue weighted by molar-refractivity contribution is 0.217. The highest BCUT2D eigenvalue weighted by Gasteiger charge is 2.18. The van der Waals surface area contributed by atoms with Gasteiger partial charge < -0.3 is 15.5 Å². The molecule has 0 aromatic carbocycles. The Hall–Kier alpha value is -0.420. The zero-order valence-electron chi connectivity index (χ0n) is 9.58. The Morgan fingerprint density at radius 2 is 2.47 bits per heavy atom. The quantitative estimate of drug-likeness (QED) is 0.631. The van der Waals surface area contributed by atoms with Gasteiger partial charge in [-0.1, -0.05) is 6.92 Å². The Bertz CT molecular complexity index is 201. The van der Waals surface area contributed by atoms with E-state index in [1.807, 2.05) is 16.7 Å². The second-order valence-corrected chi connectivity index (χ2v) is 4.89. The molecule has 15 heavy (non-hydrogen) atoms. The Labute approximate surface area is 96.2 Å². The van der Waals surface area contributed by atoms with Crippen molar-refractivity contribution < 1.29 is 4.79 Å². The molecule has 0 aromatic heterocycles. The molecule has 1 aliphatic rings. The van der Waals surface area contributed by atoms with Crippen molar-refractivity contribution in [3.05, 3.63) is 0 Å². The van der Waals surface area contributed by atoms with E-state index in [-0.39, 0.29) is 6.03 Å². The van der Waals surface area contributed by atoms with Crippen molar-refractivity contribution in [3.8, 4) is 0 Å². The van der Waals surface area contributed by atoms with Crippen molar-refractivity contribution in [2.45, 2.75) is 6.92 Å². The third-order valence-corrected chi connectivity index (χ3v) is 3.35. The normalized spacial score (nSPS) is 18.0. The van der Waals surface area contributed by atoms with Crippen LogP contribution in [0.15, 0.2) is 0 Å². The van der Waals surface area contributed by atoms with Gasteiger partial charge in [-0.3, -0.25) is 0 Å². The first-order valence-corrected chi connectivity index (χ1v) is 6.86. The van der Waals surface area contributed by atoms with Gasteiger partial charge in [0.2, 0.25) is 0 Å². The summed E-state index contributed by atoms with van der Waals surface area (Å²) in [5, 5.41) is 6.18. The van der Waals surface area contributed by atoms with Crippen LogP contribution in [-0.4, -0.2) is 55.7 Å². The number of nitrogens with one attached hydrogen (secondary N) is 2. The Balaban J connectivity index is 1.99. The molecule has 2 N–H and O–H groups in total. The van der Waals surface area contributed by atoms with E-state index in [1.54, 1.807) is 0 Å². The van der Waals surface area contributed by atoms with Crippen LogP contribution in [0.25, 0.3) is 0 Å². The molecule has 1 saturated heterocycles. The molecule has 4 nitrogen and oxygen atoms in total. The molecule has 0 aromatic rings. The van der Waals surface area contributed by atoms with Crippen molar-refractivity contribution in [1.82, 2.24) is 15.5 Å². The van der Waals surface area contributed by atoms with Gasteiger partial charge in [0.25, 0.3) is 0 Å². The highest BCUT2D eigenvalue weighted by Crippen LogP contribution is 2.02. The molecule has 1 rings (SSSR count). The van der Waals surface area contributed by atoms with Crippen LogP contribution in [0.4, 0.5) is 4.79 Å². The van der Waals surface area contributed by atoms with Crippen LogP contribution >= 0.6 is 11.8 Å². The van der Waals surface area contributed by atoms with E-state index in [0.717, 1.165) is 32.7 Å². The summed E-state index contributed by atoms with van der Waals surface area (Å²) in [6.45, 7) is 6.63. The summed E-state index contributed by atoms with van der Waals surface area (Å²) >= 11 is 1.88. The molecule has 0 bridgehead atoms. The van der Waals surface area contributed by atoms with E-state index in [1.165, 1.54) is 5.75 Å². The Morgan fingerprint density at radius 1 is 1.67 bits per heavy atom. The molecule has 0 aliphatic carbocycles. The second-order valence-electron chi connectivity index (χ2n) is 3.98. The summed E-state index contributed by atoms with van der Waals surface area (Å²) in [5.74, 6) is 1.89. The summed E-state index contributed by atoms with van der Waals surface area (Å²) in [7, 11) is 0. The third kappa shape index (κ3) is 4.75. The Kier molecular flexibility index (Phi) is 5.86. The van der Waals surface area contributed by atoms with Crippen molar-refractivity contribution >= 4 is 17.8 Å². The fourth-order valence-corrected chi connectivity index (χ4v) is 2.32. The number of carbonyl (C=O) groups is 1. The number of carbonyl (C=O) groups excluding carboxylic acids is 1. The molecule has 1 unspecified atom stereocenters. The van der Waals surface area contributed by atoms with Crippen molar-refractivity contribution in [2.75, 3.05) is 44.7 Å². The maximum atomic E-state index is 11.2. The number of amides is 2. The fraction of sp³-hybridized carbons (Fsp3) is 0.900. The molecular weight excluding hydrogens is 210 g/mol. The fourth-order valence-electron chi connectivity index (χ4n) is 1.63. The minimum atomic E-state index is 0.0777. The lowest BCUT2D eigenvalue weighted by atomic mass is 10.2. The van der Waals surface area contributed by atoms with Gasteiger partial charge in [-0.25, -0.2) is 4.79 Å². The monoisotopic (exact) mass is 231 g/mol. The maximum absolute atomic E-state index is 11.2. The Morgan fingerprint density at radius 3 is 3.07 bits per heavy atom. The van der Waals surface area contributed by atoms with Gasteiger partial charge in [0.15, 0.2) is 0 Å². The van der Waals surface area contributed by atoms with Gasteiger partial charge in [-0.15, -0.1) is 0 Å². The van der Waals surface area contributed by atoms with Crippen LogP contribution in [0.1, 0.15) is 6.92 Å². The largest absolute Gasteiger partial charge is 0.336 e. The summed E-state index contributed by atoms with van der Waals surface area (Å²) in [6.07, 6.45) is 2.13. The topological polar surface area (TPSA) is 44.4 Å². The number of nitrogens with zero attached hydrogens (tertiary/aromatic N) is 1. The summed E-state index contributed by atoms with van der Waals surface area (Å²) in [6, 6.07) is 0.0777. The first kappa shape index (κ1) is 12.6. The van der Waals surface area contributed by atoms with Crippen LogP contribution < -0.4 is 10.6 Å². The molecule has 1 atom stereocenters. The van der Waals surface area contributed by atoms with Crippen LogP contribution in [0.3, 0.4) is 0 Å². The molecule has 88 valence electrons. The molecule has 1 fully saturated rings. The van der Waals surface area contributed by atoms with Gasteiger partial charge in [-0.2, -0.15) is 11.8 Å². The average Bonchev–Trinajstić information content (AvgIpc) is 2.60. The highest BCUT2D eigenvalue weighted by molar-refractivity contribution is 7.98. The molecule has 2 amide bonds. The smallest absolute Gasteiger partial charge is 0.317 e. The van der Waals surface area contributed by atoms with Gasteiger partial charge in [0, 0.05) is 26.2 Å². The molecule has 1 heterocycles. The second kappa shape index (κ2) is 6.95. The molecule has 5 heteroatoms. The molecule has 0 radical (unpaired) electrons. The highest BCUT2D eigenvalue weighted by atomic mass is 32.2. The van der Waals surface area contributed by atoms with Crippen LogP contribution in [0.2, 0.25) is 0 Å². The zero-order chi connectivity index (χ0) is 11.1. The summed E-state index contributed by atoms with van der Waals surface area (Å²) in [5.41, 5.74) is 0. The zero-order valence-corrected chi connectivity index (χ0v) is 10.4. The minimum Gasteiger partial charge on any atom is -0.336 e. The maximum Gasteiger partial charge on any atom is 0.317 e. The number of hydrogen-bond donors (Lipinski definition) is 2. The molecular formula is C10H21N3OS. The van der Waals surface area contributed by atoms with E-state index < -0.39 is 0 Å². The molecule has 0 spiro atoms. The van der Waals surface area contributed by atoms with Crippen LogP contribution in [0.5, 0.6) is 0 Å². The lowest BCUT2D eigenvalue weighted by Gasteiger charge is -2.16. The van der Waals surface area contributed by atoms with Crippen molar-refractivity contribution in [1.29, 1.82) is 0 Å². The van der Waals surface area contributed by atoms with E-state index in [4.69, 9.17) is 0 Å². The number of rotatable bonds is 7. The minimum absolute atomic E-state index is 0.0777. The standard InChI is InChI=1S/C10H21N3OS/c1-9(8-15-2)7-11-3-5-13-6-4-12-10(13)14/h9,11H,3-8H2,1-2H3,(H,12,14). The summed E-state index contributed by atoms with van der Waals surface area (Å²) < 4.78 is 0. The first-order valence-electron chi connectivity index (χ1n) is 5.46. The van der Waals surface area contributed by atoms with Crippen LogP contribution in [0, 0.1) is 5.92 Å². The van der Waals surface area contributed by atoms with Crippen molar-refractivity contribution in [3.63, 3.8) is 0 Å². The number of urea groups is 1. The summed E-state index contributed by atoms with van der Waals surface area (Å²) in [4.78, 5) is 13.0. The van der Waals surface area contributed by atoms with E-state index in [0.29, 0.717) is 5.92 Å². The SMILES string of the molecule is CSCC(C)CNCCN1CCNC1=O. The van der Waals surface area contributed by atoms with E-state index >= 15 is 0 Å². The van der Waals surface area contributed by atoms with E-state index in [2.05, 4.69) is 23.8 Å². The van der Waals surface area contributed by atoms with Crippen molar-refractivity contribution in [2.24, 2.45) is 5.92 Å². The number of thioether (sulfide) groups is 1.